The van der Waals surface area contributed by atoms with Crippen LogP contribution in [0, 0.1) is 16.2 Å². The van der Waals surface area contributed by atoms with E-state index in [-0.39, 0.29) is 11.7 Å². The summed E-state index contributed by atoms with van der Waals surface area (Å²) in [4.78, 5) is 39.7. The van der Waals surface area contributed by atoms with Gasteiger partial charge in [0.05, 0.1) is 0 Å². The Bertz CT molecular complexity index is 507. The fraction of sp³-hybridized carbons (Fsp3) is 0.800. The fourth-order valence-electron chi connectivity index (χ4n) is 4.38. The van der Waals surface area contributed by atoms with Gasteiger partial charge in [-0.25, -0.2) is 0 Å². The first-order valence-corrected chi connectivity index (χ1v) is 7.38. The van der Waals surface area contributed by atoms with Gasteiger partial charge in [0.15, 0.2) is 0 Å². The van der Waals surface area contributed by atoms with E-state index < -0.39 is 22.0 Å². The average Bonchev–Trinajstić information content (AvgIpc) is 2.71. The summed E-state index contributed by atoms with van der Waals surface area (Å²) in [7, 11) is 0. The van der Waals surface area contributed by atoms with Crippen molar-refractivity contribution in [3.05, 3.63) is 0 Å². The number of piperazine rings is 1. The smallest absolute Gasteiger partial charge is 0.237 e. The molecule has 0 unspecified atom stereocenters. The molecule has 2 atom stereocenters. The van der Waals surface area contributed by atoms with Gasteiger partial charge in [0.2, 0.25) is 17.5 Å². The fourth-order valence-corrected chi connectivity index (χ4v) is 4.38. The molecule has 1 N–H and O–H groups in total. The number of fused-ring (bicyclic) bond motifs is 2. The van der Waals surface area contributed by atoms with E-state index in [0.29, 0.717) is 25.9 Å². The third kappa shape index (κ3) is 1.25. The highest BCUT2D eigenvalue weighted by molar-refractivity contribution is 6.48. The summed E-state index contributed by atoms with van der Waals surface area (Å²) in [6, 6.07) is 0. The van der Waals surface area contributed by atoms with Crippen LogP contribution in [0.25, 0.3) is 0 Å². The number of ketones is 2. The number of carbonyl (C=O) groups is 3. The number of hydrogen-bond donors (Lipinski definition) is 1. The van der Waals surface area contributed by atoms with Crippen LogP contribution in [0.2, 0.25) is 0 Å². The summed E-state index contributed by atoms with van der Waals surface area (Å²) in [5, 5.41) is 3.20. The van der Waals surface area contributed by atoms with Crippen molar-refractivity contribution in [1.29, 1.82) is 0 Å². The molecule has 0 aromatic rings. The van der Waals surface area contributed by atoms with Crippen LogP contribution in [0.3, 0.4) is 0 Å². The maximum Gasteiger partial charge on any atom is 0.237 e. The van der Waals surface area contributed by atoms with Gasteiger partial charge in [-0.1, -0.05) is 20.8 Å². The van der Waals surface area contributed by atoms with Crippen LogP contribution in [0.15, 0.2) is 0 Å². The van der Waals surface area contributed by atoms with Crippen molar-refractivity contribution < 1.29 is 14.4 Å². The molecular weight excluding hydrogens is 256 g/mol. The first-order chi connectivity index (χ1) is 9.29. The second kappa shape index (κ2) is 3.91. The van der Waals surface area contributed by atoms with Gasteiger partial charge in [-0.2, -0.15) is 0 Å². The lowest BCUT2D eigenvalue weighted by Crippen LogP contribution is -2.56. The molecule has 1 saturated heterocycles. The zero-order valence-corrected chi connectivity index (χ0v) is 12.4. The summed E-state index contributed by atoms with van der Waals surface area (Å²) in [6.45, 7) is 8.44. The van der Waals surface area contributed by atoms with Crippen molar-refractivity contribution in [2.45, 2.75) is 33.6 Å². The Hall–Kier alpha value is -1.23. The molecule has 110 valence electrons. The van der Waals surface area contributed by atoms with Crippen LogP contribution in [-0.2, 0) is 14.4 Å². The number of hydrogen-bond acceptors (Lipinski definition) is 4. The lowest BCUT2D eigenvalue weighted by molar-refractivity contribution is -0.155. The molecule has 0 aromatic carbocycles. The van der Waals surface area contributed by atoms with Crippen LogP contribution in [0.5, 0.6) is 0 Å². The van der Waals surface area contributed by atoms with Gasteiger partial charge in [-0.05, 0) is 18.3 Å². The Morgan fingerprint density at radius 2 is 1.65 bits per heavy atom. The van der Waals surface area contributed by atoms with Gasteiger partial charge >= 0.3 is 0 Å². The molecule has 5 nitrogen and oxygen atoms in total. The maximum atomic E-state index is 13.0. The molecule has 3 fully saturated rings. The molecule has 5 heteroatoms. The molecule has 0 spiro atoms. The second-order valence-electron chi connectivity index (χ2n) is 7.06. The van der Waals surface area contributed by atoms with Crippen molar-refractivity contribution in [3.8, 4) is 0 Å². The second-order valence-corrected chi connectivity index (χ2v) is 7.06. The van der Waals surface area contributed by atoms with E-state index in [2.05, 4.69) is 5.32 Å². The SMILES string of the molecule is CC1(C)[C@]2(C(=O)N3CCNCC3)CC[C@@]1(C)C(=O)C2=O. The monoisotopic (exact) mass is 278 g/mol. The Kier molecular flexibility index (Phi) is 2.68. The predicted molar refractivity (Wildman–Crippen MR) is 73.0 cm³/mol. The third-order valence-corrected chi connectivity index (χ3v) is 6.31. The topological polar surface area (TPSA) is 66.5 Å². The summed E-state index contributed by atoms with van der Waals surface area (Å²) in [6.07, 6.45) is 1.16. The first kappa shape index (κ1) is 13.7. The predicted octanol–water partition coefficient (Wildman–Crippen LogP) is 0.383. The van der Waals surface area contributed by atoms with Gasteiger partial charge in [-0.15, -0.1) is 0 Å². The quantitative estimate of drug-likeness (QED) is 0.556. The van der Waals surface area contributed by atoms with E-state index in [4.69, 9.17) is 0 Å². The van der Waals surface area contributed by atoms with E-state index in [1.165, 1.54) is 0 Å². The summed E-state index contributed by atoms with van der Waals surface area (Å²) >= 11 is 0. The minimum absolute atomic E-state index is 0.122. The van der Waals surface area contributed by atoms with Crippen LogP contribution in [0.4, 0.5) is 0 Å². The van der Waals surface area contributed by atoms with Crippen LogP contribution >= 0.6 is 0 Å². The van der Waals surface area contributed by atoms with Crippen molar-refractivity contribution in [2.24, 2.45) is 16.2 Å². The molecule has 0 radical (unpaired) electrons. The molecule has 1 amide bonds. The molecule has 2 aliphatic carbocycles. The molecule has 1 heterocycles. The summed E-state index contributed by atoms with van der Waals surface area (Å²) in [5.74, 6) is -0.902. The Labute approximate surface area is 119 Å². The van der Waals surface area contributed by atoms with Gasteiger partial charge in [-0.3, -0.25) is 14.4 Å². The van der Waals surface area contributed by atoms with E-state index in [1.54, 1.807) is 4.90 Å². The number of nitrogens with one attached hydrogen (secondary N) is 1. The largest absolute Gasteiger partial charge is 0.339 e. The molecule has 3 rings (SSSR count). The highest BCUT2D eigenvalue weighted by atomic mass is 16.2. The highest BCUT2D eigenvalue weighted by Gasteiger charge is 2.78. The van der Waals surface area contributed by atoms with Crippen LogP contribution in [-0.4, -0.2) is 48.6 Å². The zero-order chi connectivity index (χ0) is 14.8. The number of nitrogens with zero attached hydrogens (tertiary/aromatic N) is 1. The molecule has 20 heavy (non-hydrogen) atoms. The number of amides is 1. The van der Waals surface area contributed by atoms with E-state index in [0.717, 1.165) is 13.1 Å². The molecular formula is C15H22N2O3. The van der Waals surface area contributed by atoms with Gasteiger partial charge in [0.1, 0.15) is 5.41 Å². The Morgan fingerprint density at radius 1 is 1.05 bits per heavy atom. The first-order valence-electron chi connectivity index (χ1n) is 7.38. The lowest BCUT2D eigenvalue weighted by atomic mass is 9.64. The van der Waals surface area contributed by atoms with Crippen molar-refractivity contribution in [2.75, 3.05) is 26.2 Å². The number of rotatable bonds is 1. The molecule has 0 aromatic heterocycles. The standard InChI is InChI=1S/C15H22N2O3/c1-13(2)14(3)4-5-15(13,11(19)10(14)18)12(20)17-8-6-16-7-9-17/h16H,4-9H2,1-3H3/t14-,15+/m0/s1. The van der Waals surface area contributed by atoms with Crippen LogP contribution in [0.1, 0.15) is 33.6 Å². The van der Waals surface area contributed by atoms with Gasteiger partial charge in [0.25, 0.3) is 0 Å². The molecule has 3 aliphatic rings. The van der Waals surface area contributed by atoms with E-state index >= 15 is 0 Å². The Balaban J connectivity index is 2.04. The summed E-state index contributed by atoms with van der Waals surface area (Å²) < 4.78 is 0. The number of Topliss-reactive ketones (excluding diaryl/α,β-unsaturated/α-hetero) is 2. The Morgan fingerprint density at radius 3 is 2.15 bits per heavy atom. The van der Waals surface area contributed by atoms with Gasteiger partial charge in [0, 0.05) is 31.6 Å². The average molecular weight is 278 g/mol. The van der Waals surface area contributed by atoms with E-state index in [9.17, 15) is 14.4 Å². The van der Waals surface area contributed by atoms with Crippen molar-refractivity contribution in [3.63, 3.8) is 0 Å². The lowest BCUT2D eigenvalue weighted by Gasteiger charge is -2.41. The van der Waals surface area contributed by atoms with Crippen molar-refractivity contribution >= 4 is 17.5 Å². The summed E-state index contributed by atoms with van der Waals surface area (Å²) in [5.41, 5.74) is -2.37. The molecule has 2 saturated carbocycles. The minimum atomic E-state index is -1.11. The van der Waals surface area contributed by atoms with Gasteiger partial charge < -0.3 is 10.2 Å². The van der Waals surface area contributed by atoms with Crippen LogP contribution < -0.4 is 5.32 Å². The number of carbonyl (C=O) groups excluding carboxylic acids is 3. The minimum Gasteiger partial charge on any atom is -0.339 e. The maximum absolute atomic E-state index is 13.0. The third-order valence-electron chi connectivity index (χ3n) is 6.31. The van der Waals surface area contributed by atoms with E-state index in [1.807, 2.05) is 20.8 Å². The molecule has 2 bridgehead atoms. The van der Waals surface area contributed by atoms with Crippen molar-refractivity contribution in [1.82, 2.24) is 10.2 Å². The zero-order valence-electron chi connectivity index (χ0n) is 12.4. The highest BCUT2D eigenvalue weighted by Crippen LogP contribution is 2.69. The molecule has 1 aliphatic heterocycles. The normalized spacial score (nSPS) is 39.5.